The zero-order chi connectivity index (χ0) is 11.4. The van der Waals surface area contributed by atoms with E-state index in [1.165, 1.54) is 4.31 Å². The van der Waals surface area contributed by atoms with Crippen molar-refractivity contribution in [2.24, 2.45) is 5.92 Å². The number of β-amino-alcohol motifs (C(OH)–C–C–N with tert-alkyl or cyclic N) is 1. The summed E-state index contributed by atoms with van der Waals surface area (Å²) in [6.07, 6.45) is 5.80. The number of aliphatic hydroxyl groups is 1. The van der Waals surface area contributed by atoms with Gasteiger partial charge in [-0.2, -0.15) is 4.31 Å². The molecule has 0 aromatic rings. The van der Waals surface area contributed by atoms with Crippen molar-refractivity contribution in [3.63, 3.8) is 0 Å². The van der Waals surface area contributed by atoms with Gasteiger partial charge in [0.25, 0.3) is 0 Å². The second-order valence-electron chi connectivity index (χ2n) is 5.60. The summed E-state index contributed by atoms with van der Waals surface area (Å²) >= 11 is 0. The Bertz CT molecular complexity index is 376. The highest BCUT2D eigenvalue weighted by molar-refractivity contribution is 7.89. The molecule has 0 atom stereocenters. The Morgan fingerprint density at radius 3 is 2.12 bits per heavy atom. The van der Waals surface area contributed by atoms with E-state index >= 15 is 0 Å². The molecular formula is C11H19NO3S. The molecule has 3 aliphatic rings. The monoisotopic (exact) mass is 245 g/mol. The van der Waals surface area contributed by atoms with Crippen molar-refractivity contribution in [1.29, 1.82) is 0 Å². The Balaban J connectivity index is 1.66. The molecule has 5 heteroatoms. The fourth-order valence-corrected chi connectivity index (χ4v) is 5.18. The van der Waals surface area contributed by atoms with Crippen molar-refractivity contribution >= 4 is 10.0 Å². The highest BCUT2D eigenvalue weighted by Crippen LogP contribution is 2.46. The molecule has 2 saturated carbocycles. The third kappa shape index (κ3) is 1.60. The topological polar surface area (TPSA) is 57.6 Å². The molecule has 0 amide bonds. The number of hydrogen-bond donors (Lipinski definition) is 1. The first-order valence-corrected chi connectivity index (χ1v) is 7.74. The maximum atomic E-state index is 12.2. The van der Waals surface area contributed by atoms with Crippen molar-refractivity contribution in [1.82, 2.24) is 4.31 Å². The molecule has 3 rings (SSSR count). The molecule has 3 fully saturated rings. The van der Waals surface area contributed by atoms with E-state index < -0.39 is 15.6 Å². The first-order chi connectivity index (χ1) is 7.52. The van der Waals surface area contributed by atoms with Crippen molar-refractivity contribution in [2.45, 2.75) is 49.4 Å². The summed E-state index contributed by atoms with van der Waals surface area (Å²) in [4.78, 5) is 0. The summed E-state index contributed by atoms with van der Waals surface area (Å²) in [5.41, 5.74) is -0.689. The predicted octanol–water partition coefficient (Wildman–Crippen LogP) is 0.715. The highest BCUT2D eigenvalue weighted by Gasteiger charge is 2.56. The molecule has 1 saturated heterocycles. The highest BCUT2D eigenvalue weighted by atomic mass is 32.2. The Labute approximate surface area is 96.7 Å². The molecule has 0 aromatic carbocycles. The summed E-state index contributed by atoms with van der Waals surface area (Å²) < 4.78 is 25.8. The number of hydrogen-bond acceptors (Lipinski definition) is 3. The molecule has 1 N–H and O–H groups in total. The first-order valence-electron chi connectivity index (χ1n) is 6.24. The smallest absolute Gasteiger partial charge is 0.217 e. The van der Waals surface area contributed by atoms with Crippen LogP contribution in [0.15, 0.2) is 0 Å². The average molecular weight is 245 g/mol. The van der Waals surface area contributed by atoms with E-state index in [0.717, 1.165) is 38.5 Å². The van der Waals surface area contributed by atoms with Crippen LogP contribution in [0.25, 0.3) is 0 Å². The van der Waals surface area contributed by atoms with E-state index in [-0.39, 0.29) is 5.25 Å². The minimum absolute atomic E-state index is 0.170. The Kier molecular flexibility index (Phi) is 2.36. The van der Waals surface area contributed by atoms with Crippen molar-refractivity contribution < 1.29 is 13.5 Å². The lowest BCUT2D eigenvalue weighted by Gasteiger charge is -2.46. The van der Waals surface area contributed by atoms with Gasteiger partial charge in [0.05, 0.1) is 10.9 Å². The molecular weight excluding hydrogens is 226 g/mol. The molecule has 1 aliphatic heterocycles. The summed E-state index contributed by atoms with van der Waals surface area (Å²) in [5.74, 6) is 0.363. The van der Waals surface area contributed by atoms with E-state index in [0.29, 0.717) is 19.0 Å². The number of nitrogens with zero attached hydrogens (tertiary/aromatic N) is 1. The zero-order valence-corrected chi connectivity index (χ0v) is 10.2. The summed E-state index contributed by atoms with van der Waals surface area (Å²) in [6.45, 7) is 0.688. The van der Waals surface area contributed by atoms with Crippen LogP contribution in [0.4, 0.5) is 0 Å². The van der Waals surface area contributed by atoms with Crippen LogP contribution in [0.1, 0.15) is 38.5 Å². The third-order valence-corrected chi connectivity index (χ3v) is 6.61. The van der Waals surface area contributed by atoms with E-state index in [1.54, 1.807) is 0 Å². The van der Waals surface area contributed by atoms with Crippen LogP contribution in [0.2, 0.25) is 0 Å². The second-order valence-corrected chi connectivity index (χ2v) is 7.81. The minimum Gasteiger partial charge on any atom is -0.387 e. The summed E-state index contributed by atoms with van der Waals surface area (Å²) in [5, 5.41) is 9.95. The van der Waals surface area contributed by atoms with Crippen molar-refractivity contribution in [3.8, 4) is 0 Å². The Morgan fingerprint density at radius 2 is 1.62 bits per heavy atom. The molecule has 0 radical (unpaired) electrons. The number of rotatable bonds is 3. The molecule has 0 aromatic heterocycles. The van der Waals surface area contributed by atoms with Gasteiger partial charge in [-0.1, -0.05) is 12.8 Å². The largest absolute Gasteiger partial charge is 0.387 e. The zero-order valence-electron chi connectivity index (χ0n) is 9.43. The van der Waals surface area contributed by atoms with Crippen LogP contribution in [0, 0.1) is 5.92 Å². The van der Waals surface area contributed by atoms with Gasteiger partial charge in [0, 0.05) is 13.1 Å². The first kappa shape index (κ1) is 11.0. The molecule has 16 heavy (non-hydrogen) atoms. The average Bonchev–Trinajstić information content (AvgIpc) is 2.88. The van der Waals surface area contributed by atoms with Crippen LogP contribution in [0.5, 0.6) is 0 Å². The van der Waals surface area contributed by atoms with Gasteiger partial charge < -0.3 is 5.11 Å². The van der Waals surface area contributed by atoms with Gasteiger partial charge in [-0.05, 0) is 31.6 Å². The Morgan fingerprint density at radius 1 is 1.06 bits per heavy atom. The number of sulfonamides is 1. The lowest BCUT2D eigenvalue weighted by Crippen LogP contribution is -2.65. The fraction of sp³-hybridized carbons (Fsp3) is 1.00. The van der Waals surface area contributed by atoms with Gasteiger partial charge in [-0.25, -0.2) is 8.42 Å². The Hall–Kier alpha value is -0.130. The van der Waals surface area contributed by atoms with Gasteiger partial charge in [0.1, 0.15) is 0 Å². The maximum Gasteiger partial charge on any atom is 0.217 e. The molecule has 0 spiro atoms. The van der Waals surface area contributed by atoms with Crippen LogP contribution in [-0.2, 0) is 10.0 Å². The normalized spacial score (nSPS) is 31.6. The van der Waals surface area contributed by atoms with Gasteiger partial charge in [0.15, 0.2) is 0 Å². The summed E-state index contributed by atoms with van der Waals surface area (Å²) in [7, 11) is -3.11. The van der Waals surface area contributed by atoms with Crippen molar-refractivity contribution in [3.05, 3.63) is 0 Å². The van der Waals surface area contributed by atoms with Crippen LogP contribution in [0.3, 0.4) is 0 Å². The van der Waals surface area contributed by atoms with E-state index in [1.807, 2.05) is 0 Å². The van der Waals surface area contributed by atoms with E-state index in [9.17, 15) is 13.5 Å². The standard InChI is InChI=1S/C11H19NO3S/c13-11(9-5-6-9)7-12(8-11)16(14,15)10-3-1-2-4-10/h9-10,13H,1-8H2. The summed E-state index contributed by atoms with van der Waals surface area (Å²) in [6, 6.07) is 0. The van der Waals surface area contributed by atoms with Gasteiger partial charge in [0.2, 0.25) is 10.0 Å². The SMILES string of the molecule is O=S(=O)(C1CCCC1)N1CC(O)(C2CC2)C1. The minimum atomic E-state index is -3.11. The van der Waals surface area contributed by atoms with Gasteiger partial charge in [-0.15, -0.1) is 0 Å². The molecule has 1 heterocycles. The molecule has 4 nitrogen and oxygen atoms in total. The molecule has 2 aliphatic carbocycles. The van der Waals surface area contributed by atoms with Crippen LogP contribution >= 0.6 is 0 Å². The molecule has 92 valence electrons. The fourth-order valence-electron chi connectivity index (χ4n) is 3.02. The third-order valence-electron chi connectivity index (χ3n) is 4.32. The lowest BCUT2D eigenvalue weighted by atomic mass is 9.91. The van der Waals surface area contributed by atoms with Gasteiger partial charge >= 0.3 is 0 Å². The lowest BCUT2D eigenvalue weighted by molar-refractivity contribution is -0.0768. The molecule has 0 unspecified atom stereocenters. The predicted molar refractivity (Wildman–Crippen MR) is 60.4 cm³/mol. The molecule has 0 bridgehead atoms. The maximum absolute atomic E-state index is 12.2. The van der Waals surface area contributed by atoms with Crippen molar-refractivity contribution in [2.75, 3.05) is 13.1 Å². The van der Waals surface area contributed by atoms with E-state index in [2.05, 4.69) is 0 Å². The van der Waals surface area contributed by atoms with Gasteiger partial charge in [-0.3, -0.25) is 0 Å². The second kappa shape index (κ2) is 3.43. The van der Waals surface area contributed by atoms with Crippen LogP contribution in [-0.4, -0.2) is 41.8 Å². The quantitative estimate of drug-likeness (QED) is 0.797. The van der Waals surface area contributed by atoms with Crippen LogP contribution < -0.4 is 0 Å². The van der Waals surface area contributed by atoms with E-state index in [4.69, 9.17) is 0 Å².